The Labute approximate surface area is 146 Å². The summed E-state index contributed by atoms with van der Waals surface area (Å²) in [7, 11) is 0. The monoisotopic (exact) mass is 320 g/mol. The van der Waals surface area contributed by atoms with Crippen molar-refractivity contribution in [2.24, 2.45) is 0 Å². The lowest BCUT2D eigenvalue weighted by atomic mass is 9.83. The van der Waals surface area contributed by atoms with Crippen LogP contribution in [0.15, 0.2) is 72.8 Å². The predicted molar refractivity (Wildman–Crippen MR) is 102 cm³/mol. The summed E-state index contributed by atoms with van der Waals surface area (Å²) in [5.74, 6) is 0. The molecule has 0 saturated carbocycles. The molecular formula is C23H28O. The molecule has 126 valence electrons. The molecule has 0 saturated heterocycles. The third-order valence-corrected chi connectivity index (χ3v) is 4.53. The van der Waals surface area contributed by atoms with Crippen LogP contribution in [0.3, 0.4) is 0 Å². The van der Waals surface area contributed by atoms with Crippen LogP contribution in [0, 0.1) is 0 Å². The van der Waals surface area contributed by atoms with E-state index in [-0.39, 0.29) is 0 Å². The summed E-state index contributed by atoms with van der Waals surface area (Å²) >= 11 is 0. The molecule has 24 heavy (non-hydrogen) atoms. The quantitative estimate of drug-likeness (QED) is 0.303. The molecule has 1 atom stereocenters. The van der Waals surface area contributed by atoms with E-state index in [0.717, 1.165) is 18.3 Å². The van der Waals surface area contributed by atoms with Gasteiger partial charge >= 0.3 is 0 Å². The number of rotatable bonds is 10. The van der Waals surface area contributed by atoms with Crippen molar-refractivity contribution in [3.63, 3.8) is 0 Å². The number of unbranched alkanes of at least 4 members (excludes halogenated alkanes) is 4. The highest BCUT2D eigenvalue weighted by molar-refractivity contribution is 5.71. The number of aldehydes is 1. The lowest BCUT2D eigenvalue weighted by molar-refractivity contribution is -0.110. The fourth-order valence-electron chi connectivity index (χ4n) is 2.92. The molecule has 0 aromatic heterocycles. The zero-order valence-electron chi connectivity index (χ0n) is 14.7. The lowest BCUT2D eigenvalue weighted by Gasteiger charge is -2.19. The van der Waals surface area contributed by atoms with Crippen LogP contribution in [0.2, 0.25) is 0 Å². The maximum atomic E-state index is 11.5. The average Bonchev–Trinajstić information content (AvgIpc) is 2.65. The molecule has 2 aromatic rings. The van der Waals surface area contributed by atoms with Gasteiger partial charge in [-0.2, -0.15) is 0 Å². The molecule has 0 aliphatic rings. The van der Waals surface area contributed by atoms with Crippen LogP contribution < -0.4 is 0 Å². The van der Waals surface area contributed by atoms with E-state index in [1.54, 1.807) is 0 Å². The van der Waals surface area contributed by atoms with Gasteiger partial charge in [0.2, 0.25) is 0 Å². The Morgan fingerprint density at radius 2 is 1.46 bits per heavy atom. The van der Waals surface area contributed by atoms with Crippen molar-refractivity contribution < 1.29 is 4.79 Å². The lowest BCUT2D eigenvalue weighted by Crippen LogP contribution is -2.20. The molecule has 0 aliphatic heterocycles. The summed E-state index contributed by atoms with van der Waals surface area (Å²) in [5, 5.41) is 0. The van der Waals surface area contributed by atoms with Gasteiger partial charge in [-0.05, 0) is 43.7 Å². The Bertz CT molecular complexity index is 615. The highest BCUT2D eigenvalue weighted by Gasteiger charge is 2.21. The summed E-state index contributed by atoms with van der Waals surface area (Å²) in [6.07, 6.45) is 12.4. The van der Waals surface area contributed by atoms with Crippen molar-refractivity contribution in [3.8, 4) is 0 Å². The molecule has 0 radical (unpaired) electrons. The van der Waals surface area contributed by atoms with Crippen molar-refractivity contribution >= 4 is 6.29 Å². The van der Waals surface area contributed by atoms with E-state index in [4.69, 9.17) is 0 Å². The van der Waals surface area contributed by atoms with Crippen molar-refractivity contribution in [2.75, 3.05) is 0 Å². The Balaban J connectivity index is 1.66. The van der Waals surface area contributed by atoms with Gasteiger partial charge in [0.25, 0.3) is 0 Å². The van der Waals surface area contributed by atoms with Gasteiger partial charge < -0.3 is 4.79 Å². The Kier molecular flexibility index (Phi) is 7.48. The SMILES string of the molecule is C[C@@](C=O)(/C=C/CCCCCCc1ccccc1)c1ccccc1. The van der Waals surface area contributed by atoms with E-state index < -0.39 is 5.41 Å². The highest BCUT2D eigenvalue weighted by atomic mass is 16.1. The Morgan fingerprint density at radius 1 is 0.833 bits per heavy atom. The number of allylic oxidation sites excluding steroid dienone is 2. The topological polar surface area (TPSA) is 17.1 Å². The smallest absolute Gasteiger partial charge is 0.134 e. The number of carbonyl (C=O) groups excluding carboxylic acids is 1. The summed E-state index contributed by atoms with van der Waals surface area (Å²) in [5.41, 5.74) is 1.98. The summed E-state index contributed by atoms with van der Waals surface area (Å²) < 4.78 is 0. The molecule has 0 fully saturated rings. The molecule has 0 amide bonds. The van der Waals surface area contributed by atoms with Crippen LogP contribution in [-0.4, -0.2) is 6.29 Å². The molecule has 0 heterocycles. The fraction of sp³-hybridized carbons (Fsp3) is 0.348. The standard InChI is InChI=1S/C23H28O/c1-23(20-24,22-17-11-7-12-18-22)19-13-5-3-2-4-8-14-21-15-9-6-10-16-21/h6-7,9-13,15-20H,2-5,8,14H2,1H3/b19-13+/t23-/m0/s1. The van der Waals surface area contributed by atoms with Crippen LogP contribution in [-0.2, 0) is 16.6 Å². The molecule has 0 unspecified atom stereocenters. The molecule has 0 N–H and O–H groups in total. The number of hydrogen-bond donors (Lipinski definition) is 0. The molecule has 1 nitrogen and oxygen atoms in total. The Hall–Kier alpha value is -2.15. The van der Waals surface area contributed by atoms with E-state index in [9.17, 15) is 4.79 Å². The van der Waals surface area contributed by atoms with Gasteiger partial charge in [-0.15, -0.1) is 0 Å². The molecule has 2 aromatic carbocycles. The first kappa shape index (κ1) is 18.2. The third-order valence-electron chi connectivity index (χ3n) is 4.53. The number of hydrogen-bond acceptors (Lipinski definition) is 1. The second kappa shape index (κ2) is 9.87. The Morgan fingerprint density at radius 3 is 2.12 bits per heavy atom. The first-order valence-electron chi connectivity index (χ1n) is 8.98. The first-order valence-corrected chi connectivity index (χ1v) is 8.98. The number of benzene rings is 2. The molecule has 0 spiro atoms. The van der Waals surface area contributed by atoms with Gasteiger partial charge in [0, 0.05) is 0 Å². The first-order chi connectivity index (χ1) is 11.7. The minimum Gasteiger partial charge on any atom is -0.302 e. The van der Waals surface area contributed by atoms with Gasteiger partial charge in [0.15, 0.2) is 0 Å². The second-order valence-electron chi connectivity index (χ2n) is 6.61. The van der Waals surface area contributed by atoms with E-state index in [1.165, 1.54) is 37.7 Å². The zero-order chi connectivity index (χ0) is 17.1. The minimum atomic E-state index is -0.505. The normalized spacial score (nSPS) is 13.7. The minimum absolute atomic E-state index is 0.505. The maximum absolute atomic E-state index is 11.5. The van der Waals surface area contributed by atoms with E-state index in [0.29, 0.717) is 0 Å². The fourth-order valence-corrected chi connectivity index (χ4v) is 2.92. The summed E-state index contributed by atoms with van der Waals surface area (Å²) in [6.45, 7) is 1.98. The summed E-state index contributed by atoms with van der Waals surface area (Å²) in [4.78, 5) is 11.5. The number of aryl methyl sites for hydroxylation is 1. The molecular weight excluding hydrogens is 292 g/mol. The van der Waals surface area contributed by atoms with Crippen LogP contribution in [0.1, 0.15) is 50.2 Å². The van der Waals surface area contributed by atoms with Gasteiger partial charge in [0.05, 0.1) is 5.41 Å². The predicted octanol–water partition coefficient (Wildman–Crippen LogP) is 5.89. The third kappa shape index (κ3) is 5.81. The maximum Gasteiger partial charge on any atom is 0.134 e. The van der Waals surface area contributed by atoms with E-state index in [1.807, 2.05) is 37.3 Å². The van der Waals surface area contributed by atoms with E-state index >= 15 is 0 Å². The van der Waals surface area contributed by atoms with Crippen LogP contribution >= 0.6 is 0 Å². The number of carbonyl (C=O) groups is 1. The van der Waals surface area contributed by atoms with Crippen LogP contribution in [0.5, 0.6) is 0 Å². The largest absolute Gasteiger partial charge is 0.302 e. The van der Waals surface area contributed by atoms with Crippen LogP contribution in [0.4, 0.5) is 0 Å². The van der Waals surface area contributed by atoms with Gasteiger partial charge in [-0.25, -0.2) is 0 Å². The van der Waals surface area contributed by atoms with Crippen molar-refractivity contribution in [2.45, 2.75) is 50.9 Å². The van der Waals surface area contributed by atoms with Crippen molar-refractivity contribution in [3.05, 3.63) is 83.9 Å². The van der Waals surface area contributed by atoms with Gasteiger partial charge in [-0.1, -0.05) is 85.7 Å². The molecule has 2 rings (SSSR count). The van der Waals surface area contributed by atoms with Crippen molar-refractivity contribution in [1.82, 2.24) is 0 Å². The molecule has 1 heteroatoms. The second-order valence-corrected chi connectivity index (χ2v) is 6.61. The van der Waals surface area contributed by atoms with Gasteiger partial charge in [-0.3, -0.25) is 0 Å². The summed E-state index contributed by atoms with van der Waals surface area (Å²) in [6, 6.07) is 20.7. The average molecular weight is 320 g/mol. The van der Waals surface area contributed by atoms with Crippen LogP contribution in [0.25, 0.3) is 0 Å². The van der Waals surface area contributed by atoms with E-state index in [2.05, 4.69) is 42.5 Å². The van der Waals surface area contributed by atoms with Crippen molar-refractivity contribution in [1.29, 1.82) is 0 Å². The highest BCUT2D eigenvalue weighted by Crippen LogP contribution is 2.23. The molecule has 0 bridgehead atoms. The molecule has 0 aliphatic carbocycles. The van der Waals surface area contributed by atoms with Gasteiger partial charge in [0.1, 0.15) is 6.29 Å². The zero-order valence-corrected chi connectivity index (χ0v) is 14.7.